The second-order valence-corrected chi connectivity index (χ2v) is 5.23. The van der Waals surface area contributed by atoms with Crippen LogP contribution >= 0.6 is 23.2 Å². The van der Waals surface area contributed by atoms with Crippen molar-refractivity contribution in [3.63, 3.8) is 0 Å². The maximum Gasteiger partial charge on any atom is 0.342 e. The van der Waals surface area contributed by atoms with Crippen molar-refractivity contribution < 1.29 is 19.1 Å². The molecule has 0 spiro atoms. The van der Waals surface area contributed by atoms with Crippen LogP contribution in [-0.4, -0.2) is 11.9 Å². The number of carbonyl (C=O) groups excluding carboxylic acids is 2. The van der Waals surface area contributed by atoms with Crippen molar-refractivity contribution in [2.24, 2.45) is 0 Å². The predicted molar refractivity (Wildman–Crippen MR) is 83.3 cm³/mol. The van der Waals surface area contributed by atoms with E-state index in [0.717, 1.165) is 0 Å². The molecule has 4 nitrogen and oxygen atoms in total. The van der Waals surface area contributed by atoms with Crippen LogP contribution in [0.2, 0.25) is 10.0 Å². The number of carbonyl (C=O) groups is 2. The van der Waals surface area contributed by atoms with Gasteiger partial charge in [0.15, 0.2) is 0 Å². The summed E-state index contributed by atoms with van der Waals surface area (Å²) in [6.45, 7) is 1.29. The second-order valence-electron chi connectivity index (χ2n) is 4.41. The van der Waals surface area contributed by atoms with Gasteiger partial charge in [-0.1, -0.05) is 41.4 Å². The van der Waals surface area contributed by atoms with Gasteiger partial charge in [-0.2, -0.15) is 0 Å². The number of hydrogen-bond acceptors (Lipinski definition) is 4. The summed E-state index contributed by atoms with van der Waals surface area (Å²) >= 11 is 11.7. The largest absolute Gasteiger partial charge is 0.457 e. The first-order valence-corrected chi connectivity index (χ1v) is 7.11. The highest BCUT2D eigenvalue weighted by Gasteiger charge is 2.15. The molecule has 2 aromatic carbocycles. The highest BCUT2D eigenvalue weighted by atomic mass is 35.5. The Morgan fingerprint density at radius 3 is 2.45 bits per heavy atom. The maximum atomic E-state index is 12.1. The van der Waals surface area contributed by atoms with Gasteiger partial charge in [0.2, 0.25) is 0 Å². The van der Waals surface area contributed by atoms with Gasteiger partial charge in [-0.3, -0.25) is 4.79 Å². The Morgan fingerprint density at radius 2 is 1.77 bits per heavy atom. The van der Waals surface area contributed by atoms with Crippen LogP contribution in [0, 0.1) is 0 Å². The molecule has 0 fully saturated rings. The Bertz CT molecular complexity index is 713. The zero-order valence-corrected chi connectivity index (χ0v) is 13.1. The second kappa shape index (κ2) is 7.29. The third kappa shape index (κ3) is 4.23. The molecule has 0 N–H and O–H groups in total. The molecule has 0 aliphatic carbocycles. The molecule has 0 atom stereocenters. The lowest BCUT2D eigenvalue weighted by Crippen LogP contribution is -2.10. The van der Waals surface area contributed by atoms with E-state index >= 15 is 0 Å². The third-order valence-electron chi connectivity index (χ3n) is 2.71. The predicted octanol–water partition coefficient (Wildman–Crippen LogP) is 4.28. The Morgan fingerprint density at radius 1 is 1.05 bits per heavy atom. The van der Waals surface area contributed by atoms with Gasteiger partial charge in [-0.25, -0.2) is 4.79 Å². The summed E-state index contributed by atoms with van der Waals surface area (Å²) in [7, 11) is 0. The van der Waals surface area contributed by atoms with E-state index in [1.807, 2.05) is 0 Å². The Balaban J connectivity index is 2.09. The number of rotatable bonds is 4. The van der Waals surface area contributed by atoms with E-state index in [9.17, 15) is 9.59 Å². The van der Waals surface area contributed by atoms with E-state index in [-0.39, 0.29) is 17.9 Å². The van der Waals surface area contributed by atoms with E-state index < -0.39 is 11.9 Å². The van der Waals surface area contributed by atoms with Crippen LogP contribution in [0.15, 0.2) is 42.5 Å². The monoisotopic (exact) mass is 338 g/mol. The summed E-state index contributed by atoms with van der Waals surface area (Å²) in [5.41, 5.74) is 0.880. The lowest BCUT2D eigenvalue weighted by atomic mass is 10.2. The average Bonchev–Trinajstić information content (AvgIpc) is 2.48. The lowest BCUT2D eigenvalue weighted by Gasteiger charge is -2.09. The van der Waals surface area contributed by atoms with Gasteiger partial charge < -0.3 is 9.47 Å². The van der Waals surface area contributed by atoms with Crippen LogP contribution < -0.4 is 4.74 Å². The highest BCUT2D eigenvalue weighted by molar-refractivity contribution is 6.42. The summed E-state index contributed by atoms with van der Waals surface area (Å²) < 4.78 is 10.2. The summed E-state index contributed by atoms with van der Waals surface area (Å²) in [5.74, 6) is -0.943. The molecular formula is C16H12Cl2O4. The minimum atomic E-state index is -0.595. The maximum absolute atomic E-state index is 12.1. The molecule has 22 heavy (non-hydrogen) atoms. The molecule has 114 valence electrons. The highest BCUT2D eigenvalue weighted by Crippen LogP contribution is 2.24. The van der Waals surface area contributed by atoms with E-state index in [0.29, 0.717) is 15.6 Å². The summed E-state index contributed by atoms with van der Waals surface area (Å²) in [5, 5.41) is 0.812. The van der Waals surface area contributed by atoms with Crippen LogP contribution in [0.3, 0.4) is 0 Å². The van der Waals surface area contributed by atoms with Crippen molar-refractivity contribution in [1.29, 1.82) is 0 Å². The SMILES string of the molecule is CC(=O)Oc1ccccc1C(=O)OCc1ccc(Cl)c(Cl)c1. The molecule has 0 heterocycles. The molecule has 0 unspecified atom stereocenters. The number of para-hydroxylation sites is 1. The minimum absolute atomic E-state index is 0.0319. The first kappa shape index (κ1) is 16.3. The molecular weight excluding hydrogens is 327 g/mol. The van der Waals surface area contributed by atoms with Crippen molar-refractivity contribution in [3.05, 3.63) is 63.6 Å². The smallest absolute Gasteiger partial charge is 0.342 e. The molecule has 0 amide bonds. The normalized spacial score (nSPS) is 10.1. The van der Waals surface area contributed by atoms with Crippen LogP contribution in [0.25, 0.3) is 0 Å². The molecule has 0 aliphatic heterocycles. The summed E-state index contributed by atoms with van der Waals surface area (Å²) in [6.07, 6.45) is 0. The first-order valence-electron chi connectivity index (χ1n) is 6.36. The molecule has 0 saturated carbocycles. The van der Waals surface area contributed by atoms with Crippen molar-refractivity contribution in [1.82, 2.24) is 0 Å². The fourth-order valence-electron chi connectivity index (χ4n) is 1.74. The number of ether oxygens (including phenoxy) is 2. The van der Waals surface area contributed by atoms with Gasteiger partial charge in [-0.15, -0.1) is 0 Å². The zero-order valence-electron chi connectivity index (χ0n) is 11.6. The molecule has 0 saturated heterocycles. The third-order valence-corrected chi connectivity index (χ3v) is 3.45. The zero-order chi connectivity index (χ0) is 16.1. The topological polar surface area (TPSA) is 52.6 Å². The van der Waals surface area contributed by atoms with Gasteiger partial charge in [-0.05, 0) is 29.8 Å². The molecule has 0 aliphatic rings. The average molecular weight is 339 g/mol. The fraction of sp³-hybridized carbons (Fsp3) is 0.125. The molecule has 2 aromatic rings. The Kier molecular flexibility index (Phi) is 5.41. The molecule has 0 bridgehead atoms. The fourth-order valence-corrected chi connectivity index (χ4v) is 2.06. The van der Waals surface area contributed by atoms with E-state index in [4.69, 9.17) is 32.7 Å². The van der Waals surface area contributed by atoms with Gasteiger partial charge in [0, 0.05) is 6.92 Å². The van der Waals surface area contributed by atoms with Crippen LogP contribution in [0.1, 0.15) is 22.8 Å². The Labute approximate surface area is 137 Å². The van der Waals surface area contributed by atoms with Crippen molar-refractivity contribution in [3.8, 4) is 5.75 Å². The van der Waals surface area contributed by atoms with Gasteiger partial charge in [0.1, 0.15) is 17.9 Å². The van der Waals surface area contributed by atoms with E-state index in [2.05, 4.69) is 0 Å². The van der Waals surface area contributed by atoms with Crippen LogP contribution in [0.5, 0.6) is 5.75 Å². The first-order chi connectivity index (χ1) is 10.5. The standard InChI is InChI=1S/C16H12Cl2O4/c1-10(19)22-15-5-3-2-4-12(15)16(20)21-9-11-6-7-13(17)14(18)8-11/h2-8H,9H2,1H3. The molecule has 0 radical (unpaired) electrons. The molecule has 6 heteroatoms. The number of esters is 2. The number of benzene rings is 2. The van der Waals surface area contributed by atoms with Gasteiger partial charge in [0.25, 0.3) is 0 Å². The van der Waals surface area contributed by atoms with E-state index in [1.54, 1.807) is 30.3 Å². The van der Waals surface area contributed by atoms with Crippen LogP contribution in [-0.2, 0) is 16.1 Å². The van der Waals surface area contributed by atoms with Crippen molar-refractivity contribution in [2.75, 3.05) is 0 Å². The molecule has 0 aromatic heterocycles. The van der Waals surface area contributed by atoms with Crippen molar-refractivity contribution in [2.45, 2.75) is 13.5 Å². The quantitative estimate of drug-likeness (QED) is 0.616. The minimum Gasteiger partial charge on any atom is -0.457 e. The number of halogens is 2. The van der Waals surface area contributed by atoms with Crippen LogP contribution in [0.4, 0.5) is 0 Å². The summed E-state index contributed by atoms with van der Waals surface area (Å²) in [6, 6.07) is 11.3. The van der Waals surface area contributed by atoms with Gasteiger partial charge >= 0.3 is 11.9 Å². The van der Waals surface area contributed by atoms with Gasteiger partial charge in [0.05, 0.1) is 10.0 Å². The lowest BCUT2D eigenvalue weighted by molar-refractivity contribution is -0.131. The molecule has 2 rings (SSSR count). The van der Waals surface area contributed by atoms with E-state index in [1.165, 1.54) is 19.1 Å². The number of hydrogen-bond donors (Lipinski definition) is 0. The summed E-state index contributed by atoms with van der Waals surface area (Å²) in [4.78, 5) is 23.1. The Hall–Kier alpha value is -2.04. The van der Waals surface area contributed by atoms with Crippen molar-refractivity contribution >= 4 is 35.1 Å².